The molecule has 336 valence electrons. The van der Waals surface area contributed by atoms with Gasteiger partial charge in [-0.3, -0.25) is 19.2 Å². The second-order valence-corrected chi connectivity index (χ2v) is 16.0. The third-order valence-corrected chi connectivity index (χ3v) is 11.1. The number of Topliss-reactive ketones (excluding diaryl/α,β-unsaturated/α-hetero) is 4. The van der Waals surface area contributed by atoms with Crippen molar-refractivity contribution in [1.29, 1.82) is 0 Å². The average molecular weight is 819 g/mol. The lowest BCUT2D eigenvalue weighted by Gasteiger charge is -2.43. The van der Waals surface area contributed by atoms with Crippen molar-refractivity contribution in [2.45, 2.75) is 229 Å². The summed E-state index contributed by atoms with van der Waals surface area (Å²) in [6.45, 7) is -0.417. The molecule has 0 fully saturated rings. The summed E-state index contributed by atoms with van der Waals surface area (Å²) >= 11 is 0. The first-order chi connectivity index (χ1) is 27.4. The molecule has 0 aromatic carbocycles. The van der Waals surface area contributed by atoms with Crippen molar-refractivity contribution in [2.75, 3.05) is 26.4 Å². The van der Waals surface area contributed by atoms with E-state index < -0.39 is 98.0 Å². The Morgan fingerprint density at radius 3 is 0.702 bits per heavy atom. The van der Waals surface area contributed by atoms with Gasteiger partial charge in [0.15, 0.2) is 11.2 Å². The zero-order valence-electron chi connectivity index (χ0n) is 35.6. The van der Waals surface area contributed by atoms with Gasteiger partial charge in [-0.25, -0.2) is 0 Å². The van der Waals surface area contributed by atoms with Gasteiger partial charge < -0.3 is 45.6 Å². The van der Waals surface area contributed by atoms with E-state index in [-0.39, 0.29) is 12.8 Å². The second-order valence-electron chi connectivity index (χ2n) is 16.0. The molecule has 0 amide bonds. The van der Waals surface area contributed by atoms with Gasteiger partial charge >= 0.3 is 0 Å². The summed E-state index contributed by atoms with van der Waals surface area (Å²) in [6.07, 6.45) is 14.6. The van der Waals surface area contributed by atoms with Crippen LogP contribution >= 0.6 is 0 Å². The predicted octanol–water partition coefficient (Wildman–Crippen LogP) is 5.13. The third-order valence-electron chi connectivity index (χ3n) is 11.1. The van der Waals surface area contributed by atoms with Crippen LogP contribution in [0.5, 0.6) is 0 Å². The summed E-state index contributed by atoms with van der Waals surface area (Å²) in [7, 11) is 0. The average Bonchev–Trinajstić information content (AvgIpc) is 3.23. The normalized spacial score (nSPS) is 16.0. The largest absolute Gasteiger partial charge is 0.393 e. The van der Waals surface area contributed by atoms with E-state index in [0.717, 1.165) is 51.4 Å². The lowest BCUT2D eigenvalue weighted by molar-refractivity contribution is -0.205. The van der Waals surface area contributed by atoms with E-state index in [1.165, 1.54) is 77.0 Å². The molecule has 0 spiro atoms. The van der Waals surface area contributed by atoms with Gasteiger partial charge in [0.05, 0.1) is 26.4 Å². The number of hydrogen-bond acceptors (Lipinski definition) is 13. The summed E-state index contributed by atoms with van der Waals surface area (Å²) in [4.78, 5) is 56.0. The highest BCUT2D eigenvalue weighted by Crippen LogP contribution is 2.37. The number of unbranched alkanes of at least 4 members (excludes halogenated alkanes) is 24. The Balaban J connectivity index is 6.27. The van der Waals surface area contributed by atoms with Gasteiger partial charge in [-0.05, 0) is 25.7 Å². The number of carbonyl (C=O) groups excluding carboxylic acids is 4. The second kappa shape index (κ2) is 34.1. The van der Waals surface area contributed by atoms with E-state index in [9.17, 15) is 60.0 Å². The van der Waals surface area contributed by atoms with Gasteiger partial charge in [-0.1, -0.05) is 168 Å². The van der Waals surface area contributed by atoms with E-state index in [4.69, 9.17) is 4.74 Å². The number of ketones is 4. The van der Waals surface area contributed by atoms with Crippen LogP contribution in [0.1, 0.15) is 194 Å². The van der Waals surface area contributed by atoms with E-state index in [1.54, 1.807) is 0 Å². The van der Waals surface area contributed by atoms with E-state index in [0.29, 0.717) is 25.7 Å². The summed E-state index contributed by atoms with van der Waals surface area (Å²) in [5, 5.41) is 81.7. The Hall–Kier alpha value is -1.68. The van der Waals surface area contributed by atoms with Crippen LogP contribution in [0.4, 0.5) is 0 Å². The fourth-order valence-electron chi connectivity index (χ4n) is 7.53. The number of rotatable bonds is 42. The molecule has 57 heavy (non-hydrogen) atoms. The van der Waals surface area contributed by atoms with Crippen molar-refractivity contribution in [2.24, 2.45) is 0 Å². The van der Waals surface area contributed by atoms with Crippen LogP contribution in [0.3, 0.4) is 0 Å². The zero-order valence-corrected chi connectivity index (χ0v) is 35.6. The van der Waals surface area contributed by atoms with Crippen molar-refractivity contribution in [1.82, 2.24) is 0 Å². The molecule has 13 heteroatoms. The lowest BCUT2D eigenvalue weighted by atomic mass is 9.77. The van der Waals surface area contributed by atoms with Crippen LogP contribution in [-0.4, -0.2) is 126 Å². The third kappa shape index (κ3) is 20.9. The molecule has 0 rings (SSSR count). The number of carbonyl (C=O) groups is 4. The molecule has 8 N–H and O–H groups in total. The van der Waals surface area contributed by atoms with Gasteiger partial charge in [0.1, 0.15) is 24.4 Å². The molecule has 0 aromatic heterocycles. The molecule has 13 nitrogen and oxygen atoms in total. The Morgan fingerprint density at radius 1 is 0.351 bits per heavy atom. The summed E-state index contributed by atoms with van der Waals surface area (Å²) in [5.74, 6) is -5.97. The monoisotopic (exact) mass is 819 g/mol. The molecular weight excluding hydrogens is 736 g/mol. The van der Waals surface area contributed by atoms with Crippen LogP contribution < -0.4 is 0 Å². The first kappa shape index (κ1) is 55.3. The smallest absolute Gasteiger partial charge is 0.203 e. The maximum Gasteiger partial charge on any atom is 0.203 e. The van der Waals surface area contributed by atoms with Crippen LogP contribution in [0.2, 0.25) is 0 Å². The fraction of sp³-hybridized carbons (Fsp3) is 0.909. The maximum absolute atomic E-state index is 14.0. The number of ether oxygens (including phenoxy) is 1. The van der Waals surface area contributed by atoms with Gasteiger partial charge in [0.25, 0.3) is 0 Å². The van der Waals surface area contributed by atoms with Crippen molar-refractivity contribution < 1.29 is 64.8 Å². The Kier molecular flexibility index (Phi) is 33.1. The molecule has 0 aliphatic heterocycles. The van der Waals surface area contributed by atoms with E-state index in [1.807, 2.05) is 0 Å². The lowest BCUT2D eigenvalue weighted by Crippen LogP contribution is -2.67. The first-order valence-corrected chi connectivity index (χ1v) is 22.4. The first-order valence-electron chi connectivity index (χ1n) is 22.4. The minimum Gasteiger partial charge on any atom is -0.393 e. The molecule has 0 saturated heterocycles. The topological polar surface area (TPSA) is 239 Å². The number of aliphatic hydroxyl groups is 8. The molecule has 0 aromatic rings. The highest BCUT2D eigenvalue weighted by atomic mass is 16.5. The van der Waals surface area contributed by atoms with Crippen molar-refractivity contribution in [3.05, 3.63) is 0 Å². The summed E-state index contributed by atoms with van der Waals surface area (Å²) in [5.41, 5.74) is -6.04. The van der Waals surface area contributed by atoms with Crippen LogP contribution in [0.15, 0.2) is 0 Å². The fourth-order valence-corrected chi connectivity index (χ4v) is 7.53. The Labute approximate surface area is 343 Å². The Bertz CT molecular complexity index is 927. The molecule has 0 radical (unpaired) electrons. The number of aliphatic hydroxyl groups excluding tert-OH is 8. The molecule has 0 aliphatic carbocycles. The molecule has 4 unspecified atom stereocenters. The highest BCUT2D eigenvalue weighted by molar-refractivity contribution is 6.17. The maximum atomic E-state index is 14.0. The quantitative estimate of drug-likeness (QED) is 0.0295. The van der Waals surface area contributed by atoms with E-state index in [2.05, 4.69) is 13.8 Å². The molecule has 4 atom stereocenters. The standard InChI is InChI=1S/C44H82O13/c1-3-5-7-9-11-13-15-17-19-21-23-25-27-29-43(39(53)35(49)31-45,40(54)36(50)32-46)57-44(41(55)37(51)33-47,42(56)38(52)34-48)30-28-26-24-22-20-18-16-14-12-10-8-6-4-2/h35-38,45-52H,3-34H2,1-2H3. The molecule has 0 aliphatic rings. The molecular formula is C44H82O13. The zero-order chi connectivity index (χ0) is 43.0. The highest BCUT2D eigenvalue weighted by Gasteiger charge is 2.61. The van der Waals surface area contributed by atoms with E-state index >= 15 is 0 Å². The van der Waals surface area contributed by atoms with Crippen LogP contribution in [-0.2, 0) is 23.9 Å². The predicted molar refractivity (Wildman–Crippen MR) is 220 cm³/mol. The number of hydrogen-bond donors (Lipinski definition) is 8. The molecule has 0 heterocycles. The van der Waals surface area contributed by atoms with Gasteiger partial charge in [-0.2, -0.15) is 0 Å². The van der Waals surface area contributed by atoms with Crippen molar-refractivity contribution >= 4 is 23.1 Å². The van der Waals surface area contributed by atoms with Gasteiger partial charge in [0.2, 0.25) is 23.1 Å². The summed E-state index contributed by atoms with van der Waals surface area (Å²) in [6, 6.07) is 0. The molecule has 0 bridgehead atoms. The van der Waals surface area contributed by atoms with Gasteiger partial charge in [0, 0.05) is 0 Å². The minimum atomic E-state index is -3.02. The minimum absolute atomic E-state index is 0.0491. The summed E-state index contributed by atoms with van der Waals surface area (Å²) < 4.78 is 6.10. The SMILES string of the molecule is CCCCCCCCCCCCCCCC(OC(CCCCCCCCCCCCCCC)(C(=O)C(O)CO)C(=O)C(O)CO)(C(=O)C(O)CO)C(=O)C(O)CO. The van der Waals surface area contributed by atoms with Crippen LogP contribution in [0, 0.1) is 0 Å². The van der Waals surface area contributed by atoms with Crippen molar-refractivity contribution in [3.8, 4) is 0 Å². The molecule has 0 saturated carbocycles. The Morgan fingerprint density at radius 2 is 0.526 bits per heavy atom. The van der Waals surface area contributed by atoms with Crippen LogP contribution in [0.25, 0.3) is 0 Å². The van der Waals surface area contributed by atoms with Gasteiger partial charge in [-0.15, -0.1) is 0 Å². The van der Waals surface area contributed by atoms with Crippen molar-refractivity contribution in [3.63, 3.8) is 0 Å².